The zero-order valence-corrected chi connectivity index (χ0v) is 7.75. The number of hydrogen-bond acceptors (Lipinski definition) is 3. The summed E-state index contributed by atoms with van der Waals surface area (Å²) in [6.07, 6.45) is 3.97. The molecule has 0 aromatic heterocycles. The summed E-state index contributed by atoms with van der Waals surface area (Å²) in [7, 11) is 1.84. The van der Waals surface area contributed by atoms with Gasteiger partial charge >= 0.3 is 0 Å². The van der Waals surface area contributed by atoms with Gasteiger partial charge in [0.1, 0.15) is 0 Å². The van der Waals surface area contributed by atoms with Crippen LogP contribution in [0.1, 0.15) is 19.3 Å². The molecule has 2 N–H and O–H groups in total. The molecule has 0 amide bonds. The predicted molar refractivity (Wildman–Crippen MR) is 48.1 cm³/mol. The van der Waals surface area contributed by atoms with Crippen LogP contribution < -0.4 is 5.32 Å². The van der Waals surface area contributed by atoms with Crippen LogP contribution in [0.25, 0.3) is 0 Å². The maximum absolute atomic E-state index is 8.80. The van der Waals surface area contributed by atoms with Crippen molar-refractivity contribution in [2.45, 2.75) is 25.3 Å². The summed E-state index contributed by atoms with van der Waals surface area (Å²) < 4.78 is 5.41. The molecule has 1 saturated carbocycles. The first-order valence-corrected chi connectivity index (χ1v) is 4.72. The standard InChI is InChI=1S/C9H19NO2/c1-10-9(6-11)7-12-5-4-8-2-3-8/h8-11H,2-7H2,1H3. The molecule has 0 aromatic rings. The minimum Gasteiger partial charge on any atom is -0.395 e. The SMILES string of the molecule is CNC(CO)COCCC1CC1. The molecule has 12 heavy (non-hydrogen) atoms. The zero-order chi connectivity index (χ0) is 8.81. The van der Waals surface area contributed by atoms with Gasteiger partial charge < -0.3 is 15.2 Å². The maximum atomic E-state index is 8.80. The molecule has 0 spiro atoms. The lowest BCUT2D eigenvalue weighted by atomic mass is 10.3. The minimum absolute atomic E-state index is 0.101. The van der Waals surface area contributed by atoms with Crippen LogP contribution in [0.3, 0.4) is 0 Å². The monoisotopic (exact) mass is 173 g/mol. The Bertz CT molecular complexity index is 111. The number of hydrogen-bond donors (Lipinski definition) is 2. The van der Waals surface area contributed by atoms with Crippen LogP contribution in [-0.4, -0.2) is 38.0 Å². The van der Waals surface area contributed by atoms with E-state index in [1.807, 2.05) is 7.05 Å². The van der Waals surface area contributed by atoms with Crippen LogP contribution in [-0.2, 0) is 4.74 Å². The molecule has 3 heteroatoms. The number of ether oxygens (including phenoxy) is 1. The van der Waals surface area contributed by atoms with E-state index in [1.165, 1.54) is 19.3 Å². The van der Waals surface area contributed by atoms with Gasteiger partial charge in [0.15, 0.2) is 0 Å². The third-order valence-corrected chi connectivity index (χ3v) is 2.32. The van der Waals surface area contributed by atoms with Gasteiger partial charge in [0.05, 0.1) is 19.3 Å². The Balaban J connectivity index is 1.85. The van der Waals surface area contributed by atoms with E-state index in [-0.39, 0.29) is 12.6 Å². The molecule has 72 valence electrons. The molecular weight excluding hydrogens is 154 g/mol. The molecule has 0 heterocycles. The molecule has 1 atom stereocenters. The second-order valence-electron chi connectivity index (χ2n) is 3.48. The first-order valence-electron chi connectivity index (χ1n) is 4.72. The van der Waals surface area contributed by atoms with Crippen molar-refractivity contribution in [2.75, 3.05) is 26.9 Å². The third-order valence-electron chi connectivity index (χ3n) is 2.32. The molecular formula is C9H19NO2. The Morgan fingerprint density at radius 1 is 1.58 bits per heavy atom. The Morgan fingerprint density at radius 2 is 2.33 bits per heavy atom. The highest BCUT2D eigenvalue weighted by molar-refractivity contribution is 4.72. The molecule has 0 saturated heterocycles. The first kappa shape index (κ1) is 9.96. The molecule has 1 fully saturated rings. The summed E-state index contributed by atoms with van der Waals surface area (Å²) >= 11 is 0. The molecule has 0 aromatic carbocycles. The van der Waals surface area contributed by atoms with Crippen molar-refractivity contribution < 1.29 is 9.84 Å². The van der Waals surface area contributed by atoms with E-state index >= 15 is 0 Å². The van der Waals surface area contributed by atoms with Crippen molar-refractivity contribution in [3.63, 3.8) is 0 Å². The molecule has 1 aliphatic rings. The molecule has 1 rings (SSSR count). The Labute approximate surface area is 74.1 Å². The van der Waals surface area contributed by atoms with E-state index in [1.54, 1.807) is 0 Å². The fraction of sp³-hybridized carbons (Fsp3) is 1.00. The van der Waals surface area contributed by atoms with Crippen LogP contribution in [0.5, 0.6) is 0 Å². The van der Waals surface area contributed by atoms with Crippen molar-refractivity contribution >= 4 is 0 Å². The quantitative estimate of drug-likeness (QED) is 0.547. The molecule has 0 aliphatic heterocycles. The zero-order valence-electron chi connectivity index (χ0n) is 7.75. The van der Waals surface area contributed by atoms with Gasteiger partial charge in [-0.3, -0.25) is 0 Å². The van der Waals surface area contributed by atoms with Crippen LogP contribution >= 0.6 is 0 Å². The van der Waals surface area contributed by atoms with Crippen molar-refractivity contribution in [3.05, 3.63) is 0 Å². The molecule has 0 bridgehead atoms. The highest BCUT2D eigenvalue weighted by atomic mass is 16.5. The molecule has 1 unspecified atom stereocenters. The third kappa shape index (κ3) is 4.04. The summed E-state index contributed by atoms with van der Waals surface area (Å²) in [5.74, 6) is 0.937. The van der Waals surface area contributed by atoms with Crippen molar-refractivity contribution in [3.8, 4) is 0 Å². The van der Waals surface area contributed by atoms with E-state index < -0.39 is 0 Å². The summed E-state index contributed by atoms with van der Waals surface area (Å²) in [6.45, 7) is 1.63. The van der Waals surface area contributed by atoms with Gasteiger partial charge in [-0.15, -0.1) is 0 Å². The average molecular weight is 173 g/mol. The van der Waals surface area contributed by atoms with Crippen LogP contribution in [0.15, 0.2) is 0 Å². The van der Waals surface area contributed by atoms with Crippen molar-refractivity contribution in [1.82, 2.24) is 5.32 Å². The Kier molecular flexibility index (Phi) is 4.58. The topological polar surface area (TPSA) is 41.5 Å². The van der Waals surface area contributed by atoms with Crippen LogP contribution in [0.4, 0.5) is 0 Å². The van der Waals surface area contributed by atoms with Gasteiger partial charge in [-0.05, 0) is 19.4 Å². The minimum atomic E-state index is 0.101. The highest BCUT2D eigenvalue weighted by Gasteiger charge is 2.20. The van der Waals surface area contributed by atoms with E-state index in [2.05, 4.69) is 5.32 Å². The van der Waals surface area contributed by atoms with Crippen LogP contribution in [0.2, 0.25) is 0 Å². The van der Waals surface area contributed by atoms with E-state index in [0.717, 1.165) is 12.5 Å². The maximum Gasteiger partial charge on any atom is 0.0641 e. The van der Waals surface area contributed by atoms with Crippen molar-refractivity contribution in [1.29, 1.82) is 0 Å². The molecule has 1 aliphatic carbocycles. The number of aliphatic hydroxyl groups excluding tert-OH is 1. The average Bonchev–Trinajstić information content (AvgIpc) is 2.89. The van der Waals surface area contributed by atoms with Gasteiger partial charge in [0, 0.05) is 6.61 Å². The number of rotatable bonds is 7. The van der Waals surface area contributed by atoms with Crippen molar-refractivity contribution in [2.24, 2.45) is 5.92 Å². The van der Waals surface area contributed by atoms with Gasteiger partial charge in [-0.2, -0.15) is 0 Å². The van der Waals surface area contributed by atoms with E-state index in [4.69, 9.17) is 9.84 Å². The van der Waals surface area contributed by atoms with E-state index in [0.29, 0.717) is 6.61 Å². The summed E-state index contributed by atoms with van der Waals surface area (Å²) in [4.78, 5) is 0. The number of aliphatic hydroxyl groups is 1. The van der Waals surface area contributed by atoms with Gasteiger partial charge in [0.2, 0.25) is 0 Å². The fourth-order valence-corrected chi connectivity index (χ4v) is 1.11. The Hall–Kier alpha value is -0.120. The Morgan fingerprint density at radius 3 is 2.83 bits per heavy atom. The van der Waals surface area contributed by atoms with Crippen LogP contribution in [0, 0.1) is 5.92 Å². The fourth-order valence-electron chi connectivity index (χ4n) is 1.11. The summed E-state index contributed by atoms with van der Waals surface area (Å²) in [5, 5.41) is 11.8. The second kappa shape index (κ2) is 5.51. The number of nitrogens with one attached hydrogen (secondary N) is 1. The smallest absolute Gasteiger partial charge is 0.0641 e. The van der Waals surface area contributed by atoms with Gasteiger partial charge in [-0.25, -0.2) is 0 Å². The van der Waals surface area contributed by atoms with Gasteiger partial charge in [-0.1, -0.05) is 12.8 Å². The molecule has 0 radical (unpaired) electrons. The largest absolute Gasteiger partial charge is 0.395 e. The summed E-state index contributed by atoms with van der Waals surface area (Å²) in [6, 6.07) is 0.101. The lowest BCUT2D eigenvalue weighted by Gasteiger charge is -2.12. The van der Waals surface area contributed by atoms with Gasteiger partial charge in [0.25, 0.3) is 0 Å². The number of likely N-dealkylation sites (N-methyl/N-ethyl adjacent to an activating group) is 1. The first-order chi connectivity index (χ1) is 5.86. The summed E-state index contributed by atoms with van der Waals surface area (Å²) in [5.41, 5.74) is 0. The lowest BCUT2D eigenvalue weighted by molar-refractivity contribution is 0.0876. The second-order valence-corrected chi connectivity index (χ2v) is 3.48. The predicted octanol–water partition coefficient (Wildman–Crippen LogP) is 0.383. The molecule has 3 nitrogen and oxygen atoms in total. The normalized spacial score (nSPS) is 19.5. The lowest BCUT2D eigenvalue weighted by Crippen LogP contribution is -2.33. The highest BCUT2D eigenvalue weighted by Crippen LogP contribution is 2.31. The van der Waals surface area contributed by atoms with E-state index in [9.17, 15) is 0 Å².